The van der Waals surface area contributed by atoms with Crippen molar-refractivity contribution in [3.8, 4) is 0 Å². The van der Waals surface area contributed by atoms with Crippen molar-refractivity contribution in [1.29, 1.82) is 0 Å². The lowest BCUT2D eigenvalue weighted by atomic mass is 9.79. The van der Waals surface area contributed by atoms with Crippen molar-refractivity contribution >= 4 is 35.4 Å². The van der Waals surface area contributed by atoms with Gasteiger partial charge in [-0.3, -0.25) is 9.98 Å². The molecule has 1 aliphatic rings. The molecule has 4 rings (SSSR count). The Morgan fingerprint density at radius 2 is 1.28 bits per heavy atom. The van der Waals surface area contributed by atoms with E-state index in [0.29, 0.717) is 0 Å². The van der Waals surface area contributed by atoms with E-state index in [1.165, 1.54) is 16.7 Å². The number of aliphatic imine (C=N–C) groups is 2. The first kappa shape index (κ1) is 26.0. The molecular formula is C30H36BN3O2. The van der Waals surface area contributed by atoms with Gasteiger partial charge in [0.25, 0.3) is 0 Å². The van der Waals surface area contributed by atoms with Crippen LogP contribution in [0.5, 0.6) is 0 Å². The van der Waals surface area contributed by atoms with Crippen LogP contribution in [0.1, 0.15) is 69.6 Å². The van der Waals surface area contributed by atoms with E-state index in [0.717, 1.165) is 39.6 Å². The average Bonchev–Trinajstić information content (AvgIpc) is 3.03. The first-order valence-electron chi connectivity index (χ1n) is 12.5. The van der Waals surface area contributed by atoms with Crippen LogP contribution < -0.4 is 5.46 Å². The van der Waals surface area contributed by atoms with E-state index in [4.69, 9.17) is 24.3 Å². The Morgan fingerprint density at radius 1 is 0.750 bits per heavy atom. The molecule has 36 heavy (non-hydrogen) atoms. The fourth-order valence-electron chi connectivity index (χ4n) is 4.38. The number of nitrogens with zero attached hydrogens (tertiary/aromatic N) is 3. The van der Waals surface area contributed by atoms with Crippen LogP contribution in [-0.2, 0) is 9.31 Å². The molecule has 0 radical (unpaired) electrons. The van der Waals surface area contributed by atoms with E-state index in [9.17, 15) is 0 Å². The average molecular weight is 481 g/mol. The zero-order valence-corrected chi connectivity index (χ0v) is 22.9. The maximum Gasteiger partial charge on any atom is 0.494 e. The highest BCUT2D eigenvalue weighted by Gasteiger charge is 2.51. The molecule has 0 atom stereocenters. The monoisotopic (exact) mass is 481 g/mol. The van der Waals surface area contributed by atoms with Gasteiger partial charge in [0.2, 0.25) is 0 Å². The van der Waals surface area contributed by atoms with Crippen LogP contribution in [0.3, 0.4) is 0 Å². The van der Waals surface area contributed by atoms with Crippen LogP contribution in [0.25, 0.3) is 0 Å². The molecule has 0 N–H and O–H groups in total. The number of aryl methyl sites for hydroxylation is 3. The summed E-state index contributed by atoms with van der Waals surface area (Å²) in [7, 11) is -0.417. The zero-order chi connectivity index (χ0) is 26.3. The van der Waals surface area contributed by atoms with Crippen LogP contribution in [-0.4, -0.2) is 34.7 Å². The third-order valence-corrected chi connectivity index (χ3v) is 7.10. The van der Waals surface area contributed by atoms with Gasteiger partial charge in [-0.1, -0.05) is 35.9 Å². The minimum Gasteiger partial charge on any atom is -0.399 e. The molecule has 6 heteroatoms. The summed E-state index contributed by atoms with van der Waals surface area (Å²) < 4.78 is 12.4. The quantitative estimate of drug-likeness (QED) is 0.305. The fraction of sp³-hybridized carbons (Fsp3) is 0.367. The van der Waals surface area contributed by atoms with Crippen LogP contribution >= 0.6 is 0 Å². The van der Waals surface area contributed by atoms with Gasteiger partial charge in [0.1, 0.15) is 0 Å². The van der Waals surface area contributed by atoms with Gasteiger partial charge in [-0.2, -0.15) is 0 Å². The van der Waals surface area contributed by atoms with Crippen molar-refractivity contribution in [2.24, 2.45) is 9.98 Å². The molecule has 3 aromatic rings. The van der Waals surface area contributed by atoms with E-state index < -0.39 is 7.12 Å². The molecule has 0 bridgehead atoms. The highest BCUT2D eigenvalue weighted by Crippen LogP contribution is 2.36. The van der Waals surface area contributed by atoms with E-state index in [2.05, 4.69) is 60.6 Å². The maximum absolute atomic E-state index is 6.21. The van der Waals surface area contributed by atoms with Crippen molar-refractivity contribution in [2.75, 3.05) is 0 Å². The number of rotatable bonds is 5. The van der Waals surface area contributed by atoms with Crippen molar-refractivity contribution in [3.63, 3.8) is 0 Å². The molecule has 1 saturated heterocycles. The Bertz CT molecular complexity index is 1320. The van der Waals surface area contributed by atoms with E-state index in [-0.39, 0.29) is 11.2 Å². The SMILES string of the molecule is CC(=Nc1cccc(B2OC(C)(C)C(C)(C)O2)c1)c1cccc(C(C)=Nc2c(C)cc(C)cc2C)n1. The maximum atomic E-state index is 6.21. The molecule has 186 valence electrons. The highest BCUT2D eigenvalue weighted by molar-refractivity contribution is 6.62. The number of pyridine rings is 1. The Labute approximate surface area is 215 Å². The summed E-state index contributed by atoms with van der Waals surface area (Å²) in [4.78, 5) is 14.6. The standard InChI is InChI=1S/C30H36BN3O2/c1-19-16-20(2)28(21(3)17-19)33-23(5)27-15-11-14-26(34-27)22(4)32-25-13-10-12-24(18-25)31-35-29(6,7)30(8,9)36-31/h10-18H,1-9H3. The van der Waals surface area contributed by atoms with Crippen molar-refractivity contribution in [2.45, 2.75) is 73.5 Å². The van der Waals surface area contributed by atoms with Gasteiger partial charge in [0.05, 0.1) is 45.4 Å². The molecule has 1 aliphatic heterocycles. The first-order chi connectivity index (χ1) is 16.9. The highest BCUT2D eigenvalue weighted by atomic mass is 16.7. The molecule has 0 saturated carbocycles. The van der Waals surface area contributed by atoms with Crippen LogP contribution in [0.4, 0.5) is 11.4 Å². The topological polar surface area (TPSA) is 56.1 Å². The number of aromatic nitrogens is 1. The van der Waals surface area contributed by atoms with Gasteiger partial charge in [-0.15, -0.1) is 0 Å². The first-order valence-corrected chi connectivity index (χ1v) is 12.5. The Balaban J connectivity index is 1.59. The number of hydrogen-bond donors (Lipinski definition) is 0. The minimum atomic E-state index is -0.417. The molecule has 1 fully saturated rings. The molecule has 0 spiro atoms. The summed E-state index contributed by atoms with van der Waals surface area (Å²) in [6.45, 7) is 18.5. The van der Waals surface area contributed by atoms with Crippen LogP contribution in [0, 0.1) is 20.8 Å². The molecule has 0 aliphatic carbocycles. The minimum absolute atomic E-state index is 0.383. The van der Waals surface area contributed by atoms with Gasteiger partial charge in [-0.05, 0) is 103 Å². The van der Waals surface area contributed by atoms with Gasteiger partial charge in [-0.25, -0.2) is 4.98 Å². The third-order valence-electron chi connectivity index (χ3n) is 7.10. The smallest absolute Gasteiger partial charge is 0.399 e. The second kappa shape index (κ2) is 9.76. The molecule has 2 heterocycles. The number of hydrogen-bond acceptors (Lipinski definition) is 5. The Morgan fingerprint density at radius 3 is 1.86 bits per heavy atom. The number of benzene rings is 2. The van der Waals surface area contributed by atoms with Gasteiger partial charge in [0, 0.05) is 0 Å². The second-order valence-corrected chi connectivity index (χ2v) is 10.7. The largest absolute Gasteiger partial charge is 0.494 e. The molecule has 0 unspecified atom stereocenters. The lowest BCUT2D eigenvalue weighted by Crippen LogP contribution is -2.41. The molecule has 5 nitrogen and oxygen atoms in total. The summed E-state index contributed by atoms with van der Waals surface area (Å²) in [6, 6.07) is 18.3. The van der Waals surface area contributed by atoms with Gasteiger partial charge in [0.15, 0.2) is 0 Å². The molecular weight excluding hydrogens is 445 g/mol. The zero-order valence-electron chi connectivity index (χ0n) is 22.9. The summed E-state index contributed by atoms with van der Waals surface area (Å²) in [5.41, 5.74) is 8.99. The second-order valence-electron chi connectivity index (χ2n) is 10.7. The normalized spacial score (nSPS) is 17.5. The molecule has 0 amide bonds. The molecule has 1 aromatic heterocycles. The van der Waals surface area contributed by atoms with E-state index >= 15 is 0 Å². The van der Waals surface area contributed by atoms with Crippen molar-refractivity contribution < 1.29 is 9.31 Å². The van der Waals surface area contributed by atoms with Crippen molar-refractivity contribution in [1.82, 2.24) is 4.98 Å². The lowest BCUT2D eigenvalue weighted by Gasteiger charge is -2.32. The summed E-state index contributed by atoms with van der Waals surface area (Å²) in [6.07, 6.45) is 0. The summed E-state index contributed by atoms with van der Waals surface area (Å²) >= 11 is 0. The predicted molar refractivity (Wildman–Crippen MR) is 151 cm³/mol. The fourth-order valence-corrected chi connectivity index (χ4v) is 4.38. The third kappa shape index (κ3) is 5.35. The summed E-state index contributed by atoms with van der Waals surface area (Å²) in [5.74, 6) is 0. The van der Waals surface area contributed by atoms with E-state index in [1.54, 1.807) is 0 Å². The van der Waals surface area contributed by atoms with Crippen LogP contribution in [0.15, 0.2) is 64.6 Å². The van der Waals surface area contributed by atoms with Crippen molar-refractivity contribution in [3.05, 3.63) is 82.7 Å². The summed E-state index contributed by atoms with van der Waals surface area (Å²) in [5, 5.41) is 0. The lowest BCUT2D eigenvalue weighted by molar-refractivity contribution is 0.00578. The molecule has 2 aromatic carbocycles. The Kier molecular flexibility index (Phi) is 7.04. The van der Waals surface area contributed by atoms with Gasteiger partial charge >= 0.3 is 7.12 Å². The van der Waals surface area contributed by atoms with E-state index in [1.807, 2.05) is 56.3 Å². The van der Waals surface area contributed by atoms with Crippen LogP contribution in [0.2, 0.25) is 0 Å². The Hall–Kier alpha value is -3.09. The van der Waals surface area contributed by atoms with Gasteiger partial charge < -0.3 is 9.31 Å². The predicted octanol–water partition coefficient (Wildman–Crippen LogP) is 6.59.